The normalized spacial score (nSPS) is 11.4. The highest BCUT2D eigenvalue weighted by molar-refractivity contribution is 6.42. The van der Waals surface area contributed by atoms with E-state index >= 15 is 0 Å². The van der Waals surface area contributed by atoms with E-state index in [1.165, 1.54) is 25.2 Å². The molecule has 0 atom stereocenters. The van der Waals surface area contributed by atoms with Gasteiger partial charge in [0.2, 0.25) is 0 Å². The Morgan fingerprint density at radius 1 is 0.966 bits per heavy atom. The van der Waals surface area contributed by atoms with E-state index in [4.69, 9.17) is 34.8 Å². The molecule has 0 fully saturated rings. The lowest BCUT2D eigenvalue weighted by Crippen LogP contribution is -2.29. The van der Waals surface area contributed by atoms with Gasteiger partial charge in [-0.05, 0) is 36.4 Å². The Morgan fingerprint density at radius 3 is 2.21 bits per heavy atom. The fourth-order valence-electron chi connectivity index (χ4n) is 2.63. The van der Waals surface area contributed by atoms with E-state index in [1.54, 1.807) is 24.3 Å². The first-order chi connectivity index (χ1) is 13.6. The number of alkyl halides is 3. The predicted octanol–water partition coefficient (Wildman–Crippen LogP) is 7.00. The second kappa shape index (κ2) is 8.22. The average molecular weight is 460 g/mol. The number of hydrogen-bond donors (Lipinski definition) is 0. The number of nitrogens with zero attached hydrogens (tertiary/aromatic N) is 2. The number of hydrogen-bond acceptors (Lipinski definition) is 2. The van der Waals surface area contributed by atoms with Crippen molar-refractivity contribution in [2.24, 2.45) is 0 Å². The molecule has 1 heterocycles. The number of pyridine rings is 1. The predicted molar refractivity (Wildman–Crippen MR) is 109 cm³/mol. The molecule has 9 heteroatoms. The lowest BCUT2D eigenvalue weighted by atomic mass is 10.0. The highest BCUT2D eigenvalue weighted by Gasteiger charge is 2.37. The van der Waals surface area contributed by atoms with Crippen molar-refractivity contribution in [2.75, 3.05) is 11.9 Å². The lowest BCUT2D eigenvalue weighted by Gasteiger charge is -2.21. The molecule has 0 aliphatic heterocycles. The molecule has 0 bridgehead atoms. The number of halogens is 6. The summed E-state index contributed by atoms with van der Waals surface area (Å²) in [5, 5.41) is 0.886. The minimum atomic E-state index is -4.76. The average Bonchev–Trinajstić information content (AvgIpc) is 2.68. The molecule has 1 aromatic heterocycles. The van der Waals surface area contributed by atoms with Crippen molar-refractivity contribution < 1.29 is 18.0 Å². The van der Waals surface area contributed by atoms with Gasteiger partial charge in [-0.25, -0.2) is 0 Å². The Morgan fingerprint density at radius 2 is 1.62 bits per heavy atom. The van der Waals surface area contributed by atoms with Gasteiger partial charge in [0, 0.05) is 29.5 Å². The maximum absolute atomic E-state index is 13.7. The minimum absolute atomic E-state index is 0.0720. The molecule has 0 unspecified atom stereocenters. The van der Waals surface area contributed by atoms with E-state index in [0.717, 1.165) is 17.2 Å². The van der Waals surface area contributed by atoms with Crippen LogP contribution in [0.25, 0.3) is 11.3 Å². The van der Waals surface area contributed by atoms with Crippen molar-refractivity contribution in [2.45, 2.75) is 6.18 Å². The molecule has 0 radical (unpaired) electrons. The van der Waals surface area contributed by atoms with Gasteiger partial charge in [-0.15, -0.1) is 0 Å². The molecule has 0 aliphatic carbocycles. The van der Waals surface area contributed by atoms with Gasteiger partial charge in [-0.3, -0.25) is 9.78 Å². The van der Waals surface area contributed by atoms with Crippen molar-refractivity contribution >= 4 is 46.4 Å². The first kappa shape index (κ1) is 21.4. The maximum atomic E-state index is 13.7. The van der Waals surface area contributed by atoms with Crippen molar-refractivity contribution in [1.29, 1.82) is 0 Å². The third-order valence-corrected chi connectivity index (χ3v) is 5.17. The molecule has 0 saturated carbocycles. The molecule has 0 spiro atoms. The molecule has 1 amide bonds. The zero-order valence-corrected chi connectivity index (χ0v) is 17.0. The van der Waals surface area contributed by atoms with Crippen LogP contribution in [0.4, 0.5) is 18.9 Å². The van der Waals surface area contributed by atoms with Gasteiger partial charge in [-0.2, -0.15) is 13.2 Å². The molecule has 3 nitrogen and oxygen atoms in total. The van der Waals surface area contributed by atoms with Crippen LogP contribution in [0.15, 0.2) is 54.7 Å². The van der Waals surface area contributed by atoms with Crippen molar-refractivity contribution in [1.82, 2.24) is 4.98 Å². The van der Waals surface area contributed by atoms with Gasteiger partial charge >= 0.3 is 6.18 Å². The highest BCUT2D eigenvalue weighted by atomic mass is 35.5. The smallest absolute Gasteiger partial charge is 0.311 e. The molecule has 3 aromatic rings. The summed E-state index contributed by atoms with van der Waals surface area (Å²) >= 11 is 17.6. The van der Waals surface area contributed by atoms with Crippen molar-refractivity contribution in [3.8, 4) is 11.3 Å². The molecule has 2 aromatic carbocycles. The molecular formula is C20H12Cl3F3N2O. The van der Waals surface area contributed by atoms with Crippen LogP contribution >= 0.6 is 34.8 Å². The van der Waals surface area contributed by atoms with E-state index in [9.17, 15) is 18.0 Å². The van der Waals surface area contributed by atoms with Gasteiger partial charge in [-0.1, -0.05) is 46.9 Å². The second-order valence-electron chi connectivity index (χ2n) is 6.08. The third-order valence-electron chi connectivity index (χ3n) is 4.17. The van der Waals surface area contributed by atoms with E-state index in [-0.39, 0.29) is 15.7 Å². The van der Waals surface area contributed by atoms with E-state index in [2.05, 4.69) is 4.98 Å². The highest BCUT2D eigenvalue weighted by Crippen LogP contribution is 2.35. The molecule has 3 rings (SSSR count). The monoisotopic (exact) mass is 458 g/mol. The summed E-state index contributed by atoms with van der Waals surface area (Å²) in [6.45, 7) is 0. The van der Waals surface area contributed by atoms with Gasteiger partial charge in [0.25, 0.3) is 5.91 Å². The van der Waals surface area contributed by atoms with E-state index in [1.807, 2.05) is 0 Å². The summed E-state index contributed by atoms with van der Waals surface area (Å²) in [5.74, 6) is -0.883. The number of amides is 1. The van der Waals surface area contributed by atoms with Gasteiger partial charge in [0.1, 0.15) is 0 Å². The van der Waals surface area contributed by atoms with Crippen LogP contribution < -0.4 is 4.90 Å². The van der Waals surface area contributed by atoms with Gasteiger partial charge in [0.15, 0.2) is 0 Å². The van der Waals surface area contributed by atoms with Crippen LogP contribution in [0.5, 0.6) is 0 Å². The summed E-state index contributed by atoms with van der Waals surface area (Å²) in [6.07, 6.45) is -3.84. The van der Waals surface area contributed by atoms with E-state index < -0.39 is 23.2 Å². The number of anilines is 1. The molecule has 29 heavy (non-hydrogen) atoms. The SMILES string of the molecule is CN(C(=O)c1cnc(-c2ccc(Cl)cc2)cc1C(F)(F)F)c1ccc(Cl)c(Cl)c1. The van der Waals surface area contributed by atoms with Crippen LogP contribution in [-0.4, -0.2) is 17.9 Å². The standard InChI is InChI=1S/C20H12Cl3F3N2O/c1-28(13-6-7-16(22)17(23)8-13)19(29)14-10-27-18(9-15(14)20(24,25)26)11-2-4-12(21)5-3-11/h2-10H,1H3. The molecule has 0 saturated heterocycles. The number of aromatic nitrogens is 1. The van der Waals surface area contributed by atoms with Crippen LogP contribution in [0.3, 0.4) is 0 Å². The van der Waals surface area contributed by atoms with Crippen molar-refractivity contribution in [3.05, 3.63) is 80.9 Å². The zero-order chi connectivity index (χ0) is 21.3. The first-order valence-corrected chi connectivity index (χ1v) is 9.27. The van der Waals surface area contributed by atoms with Gasteiger partial charge < -0.3 is 4.90 Å². The zero-order valence-electron chi connectivity index (χ0n) is 14.8. The number of carbonyl (C=O) groups excluding carboxylic acids is 1. The minimum Gasteiger partial charge on any atom is -0.311 e. The number of benzene rings is 2. The largest absolute Gasteiger partial charge is 0.417 e. The summed E-state index contributed by atoms with van der Waals surface area (Å²) in [7, 11) is 1.34. The van der Waals surface area contributed by atoms with Crippen molar-refractivity contribution in [3.63, 3.8) is 0 Å². The number of rotatable bonds is 3. The summed E-state index contributed by atoms with van der Waals surface area (Å²) in [4.78, 5) is 17.9. The topological polar surface area (TPSA) is 33.2 Å². The van der Waals surface area contributed by atoms with Crippen LogP contribution in [0, 0.1) is 0 Å². The second-order valence-corrected chi connectivity index (χ2v) is 7.33. The number of carbonyl (C=O) groups is 1. The first-order valence-electron chi connectivity index (χ1n) is 8.14. The molecule has 0 aliphatic rings. The fraction of sp³-hybridized carbons (Fsp3) is 0.100. The third kappa shape index (κ3) is 4.66. The van der Waals surface area contributed by atoms with Crippen LogP contribution in [0.1, 0.15) is 15.9 Å². The van der Waals surface area contributed by atoms with Gasteiger partial charge in [0.05, 0.1) is 26.9 Å². The summed E-state index contributed by atoms with van der Waals surface area (Å²) in [5.41, 5.74) is -0.864. The molecule has 150 valence electrons. The quantitative estimate of drug-likeness (QED) is 0.422. The Labute approximate surface area is 179 Å². The summed E-state index contributed by atoms with van der Waals surface area (Å²) in [6, 6.07) is 11.4. The Balaban J connectivity index is 2.04. The Kier molecular flexibility index (Phi) is 6.08. The summed E-state index contributed by atoms with van der Waals surface area (Å²) < 4.78 is 41.1. The Hall–Kier alpha value is -2.28. The fourth-order valence-corrected chi connectivity index (χ4v) is 3.05. The van der Waals surface area contributed by atoms with Crippen LogP contribution in [0.2, 0.25) is 15.1 Å². The molecular weight excluding hydrogens is 448 g/mol. The lowest BCUT2D eigenvalue weighted by molar-refractivity contribution is -0.137. The van der Waals surface area contributed by atoms with Crippen LogP contribution in [-0.2, 0) is 6.18 Å². The molecule has 0 N–H and O–H groups in total. The Bertz CT molecular complexity index is 1070. The maximum Gasteiger partial charge on any atom is 0.417 e. The van der Waals surface area contributed by atoms with E-state index in [0.29, 0.717) is 16.3 Å².